The lowest BCUT2D eigenvalue weighted by Crippen LogP contribution is -2.47. The number of carbonyl (C=O) groups excluding carboxylic acids is 2. The van der Waals surface area contributed by atoms with Crippen LogP contribution >= 0.6 is 15.9 Å². The molecule has 0 saturated carbocycles. The van der Waals surface area contributed by atoms with Gasteiger partial charge in [-0.1, -0.05) is 41.9 Å². The van der Waals surface area contributed by atoms with Gasteiger partial charge in [-0.25, -0.2) is 4.79 Å². The second-order valence-electron chi connectivity index (χ2n) is 7.09. The number of ether oxygens (including phenoxy) is 1. The van der Waals surface area contributed by atoms with E-state index < -0.39 is 0 Å². The van der Waals surface area contributed by atoms with Crippen molar-refractivity contribution >= 4 is 27.9 Å². The first-order chi connectivity index (χ1) is 11.8. The summed E-state index contributed by atoms with van der Waals surface area (Å²) in [5, 5.41) is 3.07. The van der Waals surface area contributed by atoms with E-state index in [4.69, 9.17) is 4.74 Å². The van der Waals surface area contributed by atoms with Gasteiger partial charge in [0, 0.05) is 29.5 Å². The molecule has 0 bridgehead atoms. The van der Waals surface area contributed by atoms with Crippen LogP contribution in [0, 0.1) is 5.92 Å². The van der Waals surface area contributed by atoms with E-state index in [2.05, 4.69) is 47.2 Å². The van der Waals surface area contributed by atoms with Crippen molar-refractivity contribution in [3.63, 3.8) is 0 Å². The molecule has 1 aliphatic rings. The molecule has 1 aromatic carbocycles. The summed E-state index contributed by atoms with van der Waals surface area (Å²) in [5.41, 5.74) is 1.01. The Balaban J connectivity index is 1.90. The Labute approximate surface area is 158 Å². The second kappa shape index (κ2) is 8.70. The number of hydrogen-bond acceptors (Lipinski definition) is 3. The van der Waals surface area contributed by atoms with E-state index in [9.17, 15) is 9.59 Å². The van der Waals surface area contributed by atoms with E-state index in [1.54, 1.807) is 11.8 Å². The number of amides is 2. The highest BCUT2D eigenvalue weighted by atomic mass is 79.9. The van der Waals surface area contributed by atoms with Crippen LogP contribution in [0.25, 0.3) is 0 Å². The third-order valence-corrected chi connectivity index (χ3v) is 5.18. The molecular weight excluding hydrogens is 384 g/mol. The molecule has 138 valence electrons. The Bertz CT molecular complexity index is 601. The van der Waals surface area contributed by atoms with Crippen molar-refractivity contribution in [1.82, 2.24) is 10.2 Å². The third-order valence-electron chi connectivity index (χ3n) is 4.65. The van der Waals surface area contributed by atoms with Crippen LogP contribution in [-0.2, 0) is 14.9 Å². The molecule has 1 heterocycles. The Morgan fingerprint density at radius 2 is 2.00 bits per heavy atom. The molecule has 1 aromatic rings. The summed E-state index contributed by atoms with van der Waals surface area (Å²) in [4.78, 5) is 26.1. The van der Waals surface area contributed by atoms with Crippen LogP contribution in [0.3, 0.4) is 0 Å². The quantitative estimate of drug-likeness (QED) is 0.804. The predicted octanol–water partition coefficient (Wildman–Crippen LogP) is 3.71. The van der Waals surface area contributed by atoms with Crippen LogP contribution in [0.4, 0.5) is 4.79 Å². The van der Waals surface area contributed by atoms with Crippen molar-refractivity contribution < 1.29 is 14.3 Å². The molecule has 1 N–H and O–H groups in total. The van der Waals surface area contributed by atoms with Crippen molar-refractivity contribution in [1.29, 1.82) is 0 Å². The maximum absolute atomic E-state index is 12.6. The van der Waals surface area contributed by atoms with Crippen LogP contribution in [0.15, 0.2) is 28.7 Å². The Morgan fingerprint density at radius 3 is 2.64 bits per heavy atom. The molecule has 0 radical (unpaired) electrons. The molecule has 0 aromatic heterocycles. The zero-order chi connectivity index (χ0) is 18.4. The fraction of sp³-hybridized carbons (Fsp3) is 0.579. The lowest BCUT2D eigenvalue weighted by Gasteiger charge is -2.32. The smallest absolute Gasteiger partial charge is 0.409 e. The number of benzene rings is 1. The summed E-state index contributed by atoms with van der Waals surface area (Å²) in [6, 6.07) is 8.16. The summed E-state index contributed by atoms with van der Waals surface area (Å²) in [5.74, 6) is -0.155. The number of rotatable bonds is 5. The molecule has 1 saturated heterocycles. The molecular formula is C19H27BrN2O3. The number of nitrogens with one attached hydrogen (secondary N) is 1. The van der Waals surface area contributed by atoms with Crippen LogP contribution in [0.1, 0.15) is 39.2 Å². The SMILES string of the molecule is CCOC(=O)N1CCCC(C(=O)NCC(C)(C)c2ccc(Br)cc2)C1. The summed E-state index contributed by atoms with van der Waals surface area (Å²) in [7, 11) is 0. The molecule has 25 heavy (non-hydrogen) atoms. The summed E-state index contributed by atoms with van der Waals surface area (Å²) in [6.07, 6.45) is 1.31. The van der Waals surface area contributed by atoms with Crippen LogP contribution in [0.2, 0.25) is 0 Å². The minimum absolute atomic E-state index is 0.0131. The van der Waals surface area contributed by atoms with Gasteiger partial charge in [-0.15, -0.1) is 0 Å². The highest BCUT2D eigenvalue weighted by Gasteiger charge is 2.30. The van der Waals surface area contributed by atoms with Crippen molar-refractivity contribution in [2.45, 2.75) is 39.0 Å². The Hall–Kier alpha value is -1.56. The van der Waals surface area contributed by atoms with Gasteiger partial charge < -0.3 is 15.0 Å². The number of hydrogen-bond donors (Lipinski definition) is 1. The molecule has 1 fully saturated rings. The highest BCUT2D eigenvalue weighted by molar-refractivity contribution is 9.10. The summed E-state index contributed by atoms with van der Waals surface area (Å²) in [6.45, 7) is 8.02. The molecule has 0 aliphatic carbocycles. The number of nitrogens with zero attached hydrogens (tertiary/aromatic N) is 1. The molecule has 2 rings (SSSR count). The highest BCUT2D eigenvalue weighted by Crippen LogP contribution is 2.24. The van der Waals surface area contributed by atoms with Crippen molar-refractivity contribution in [3.05, 3.63) is 34.3 Å². The molecule has 2 amide bonds. The zero-order valence-electron chi connectivity index (χ0n) is 15.2. The first kappa shape index (κ1) is 19.8. The van der Waals surface area contributed by atoms with Crippen molar-refractivity contribution in [3.8, 4) is 0 Å². The maximum Gasteiger partial charge on any atom is 0.409 e. The van der Waals surface area contributed by atoms with Crippen molar-refractivity contribution in [2.24, 2.45) is 5.92 Å². The van der Waals surface area contributed by atoms with E-state index in [1.165, 1.54) is 5.56 Å². The lowest BCUT2D eigenvalue weighted by atomic mass is 9.84. The average Bonchev–Trinajstić information content (AvgIpc) is 2.60. The number of carbonyl (C=O) groups is 2. The van der Waals surface area contributed by atoms with E-state index in [0.29, 0.717) is 26.2 Å². The van der Waals surface area contributed by atoms with Gasteiger partial charge in [0.1, 0.15) is 0 Å². The molecule has 1 aliphatic heterocycles. The van der Waals surface area contributed by atoms with Gasteiger partial charge in [-0.3, -0.25) is 4.79 Å². The van der Waals surface area contributed by atoms with Crippen LogP contribution in [-0.4, -0.2) is 43.1 Å². The normalized spacial score (nSPS) is 17.9. The van der Waals surface area contributed by atoms with E-state index in [0.717, 1.165) is 17.3 Å². The van der Waals surface area contributed by atoms with Gasteiger partial charge >= 0.3 is 6.09 Å². The molecule has 5 nitrogen and oxygen atoms in total. The topological polar surface area (TPSA) is 58.6 Å². The second-order valence-corrected chi connectivity index (χ2v) is 8.01. The largest absolute Gasteiger partial charge is 0.450 e. The third kappa shape index (κ3) is 5.46. The molecule has 0 spiro atoms. The van der Waals surface area contributed by atoms with E-state index in [-0.39, 0.29) is 23.3 Å². The van der Waals surface area contributed by atoms with E-state index >= 15 is 0 Å². The number of piperidine rings is 1. The minimum atomic E-state index is -0.324. The van der Waals surface area contributed by atoms with Gasteiger partial charge in [0.2, 0.25) is 5.91 Å². The van der Waals surface area contributed by atoms with Gasteiger partial charge in [0.15, 0.2) is 0 Å². The van der Waals surface area contributed by atoms with Gasteiger partial charge in [-0.05, 0) is 37.5 Å². The standard InChI is InChI=1S/C19H27BrN2O3/c1-4-25-18(24)22-11-5-6-14(12-22)17(23)21-13-19(2,3)15-7-9-16(20)10-8-15/h7-10,14H,4-6,11-13H2,1-3H3,(H,21,23). The lowest BCUT2D eigenvalue weighted by molar-refractivity contribution is -0.126. The van der Waals surface area contributed by atoms with E-state index in [1.807, 2.05) is 12.1 Å². The molecule has 1 unspecified atom stereocenters. The average molecular weight is 411 g/mol. The fourth-order valence-corrected chi connectivity index (χ4v) is 3.29. The molecule has 6 heteroatoms. The van der Waals surface area contributed by atoms with Crippen LogP contribution in [0.5, 0.6) is 0 Å². The fourth-order valence-electron chi connectivity index (χ4n) is 3.03. The summed E-state index contributed by atoms with van der Waals surface area (Å²) >= 11 is 3.44. The van der Waals surface area contributed by atoms with Gasteiger partial charge in [0.05, 0.1) is 12.5 Å². The van der Waals surface area contributed by atoms with Gasteiger partial charge in [-0.2, -0.15) is 0 Å². The Kier molecular flexibility index (Phi) is 6.87. The monoisotopic (exact) mass is 410 g/mol. The maximum atomic E-state index is 12.6. The van der Waals surface area contributed by atoms with Crippen LogP contribution < -0.4 is 5.32 Å². The van der Waals surface area contributed by atoms with Crippen molar-refractivity contribution in [2.75, 3.05) is 26.2 Å². The first-order valence-corrected chi connectivity index (χ1v) is 9.58. The van der Waals surface area contributed by atoms with Gasteiger partial charge in [0.25, 0.3) is 0 Å². The number of halogens is 1. The minimum Gasteiger partial charge on any atom is -0.450 e. The first-order valence-electron chi connectivity index (χ1n) is 8.79. The zero-order valence-corrected chi connectivity index (χ0v) is 16.8. The molecule has 1 atom stereocenters. The number of likely N-dealkylation sites (tertiary alicyclic amines) is 1. The Morgan fingerprint density at radius 1 is 1.32 bits per heavy atom. The summed E-state index contributed by atoms with van der Waals surface area (Å²) < 4.78 is 6.08. The predicted molar refractivity (Wildman–Crippen MR) is 101 cm³/mol.